The highest BCUT2D eigenvalue weighted by Crippen LogP contribution is 2.32. The smallest absolute Gasteiger partial charge is 0.326 e. The van der Waals surface area contributed by atoms with E-state index in [9.17, 15) is 28.1 Å². The summed E-state index contributed by atoms with van der Waals surface area (Å²) in [6, 6.07) is 10.7. The van der Waals surface area contributed by atoms with Crippen LogP contribution in [0.4, 0.5) is 24.5 Å². The number of nitrogens with one attached hydrogen (secondary N) is 1. The van der Waals surface area contributed by atoms with Gasteiger partial charge in [-0.1, -0.05) is 18.2 Å². The van der Waals surface area contributed by atoms with E-state index in [1.54, 1.807) is 18.0 Å². The van der Waals surface area contributed by atoms with Gasteiger partial charge in [-0.2, -0.15) is 13.2 Å². The molecule has 0 unspecified atom stereocenters. The molecule has 0 aliphatic heterocycles. The maximum atomic E-state index is 13.0. The first kappa shape index (κ1) is 20.4. The maximum Gasteiger partial charge on any atom is 0.416 e. The van der Waals surface area contributed by atoms with Crippen LogP contribution in [-0.2, 0) is 17.5 Å². The maximum absolute atomic E-state index is 13.0. The number of non-ortho nitro benzene ring substituents is 1. The minimum Gasteiger partial charge on any atom is -0.326 e. The molecule has 1 N–H and O–H groups in total. The topological polar surface area (TPSA) is 75.5 Å². The summed E-state index contributed by atoms with van der Waals surface area (Å²) in [6.07, 6.45) is -4.35. The zero-order valence-corrected chi connectivity index (χ0v) is 14.5. The molecule has 0 aliphatic carbocycles. The lowest BCUT2D eigenvalue weighted by Gasteiger charge is -2.19. The molecule has 2 rings (SSSR count). The van der Waals surface area contributed by atoms with E-state index in [2.05, 4.69) is 5.32 Å². The Labute approximate surface area is 153 Å². The predicted octanol–water partition coefficient (Wildman–Crippen LogP) is 4.07. The van der Waals surface area contributed by atoms with Gasteiger partial charge in [-0.05, 0) is 30.8 Å². The third kappa shape index (κ3) is 6.07. The number of amides is 1. The Morgan fingerprint density at radius 2 is 1.78 bits per heavy atom. The van der Waals surface area contributed by atoms with Gasteiger partial charge in [0.1, 0.15) is 0 Å². The Balaban J connectivity index is 1.87. The minimum absolute atomic E-state index is 0.0560. The van der Waals surface area contributed by atoms with E-state index in [4.69, 9.17) is 0 Å². The number of carbonyl (C=O) groups is 1. The van der Waals surface area contributed by atoms with Crippen molar-refractivity contribution in [2.45, 2.75) is 19.1 Å². The van der Waals surface area contributed by atoms with Crippen molar-refractivity contribution in [3.8, 4) is 0 Å². The molecule has 0 bridgehead atoms. The zero-order valence-electron chi connectivity index (χ0n) is 14.5. The Morgan fingerprint density at radius 3 is 2.37 bits per heavy atom. The molecule has 1 amide bonds. The van der Waals surface area contributed by atoms with E-state index in [0.717, 1.165) is 6.07 Å². The average Bonchev–Trinajstić information content (AvgIpc) is 2.60. The lowest BCUT2D eigenvalue weighted by Crippen LogP contribution is -2.25. The standard InChI is InChI=1S/C18H18F3N3O3/c1-23(12-13-4-2-3-5-16(13)18(19,20)21)11-10-17(25)22-14-6-8-15(9-7-14)24(26)27/h2-9H,10-12H2,1H3,(H,22,25). The van der Waals surface area contributed by atoms with Crippen LogP contribution in [0.1, 0.15) is 17.5 Å². The first-order valence-corrected chi connectivity index (χ1v) is 8.05. The molecular weight excluding hydrogens is 363 g/mol. The van der Waals surface area contributed by atoms with Gasteiger partial charge in [0.15, 0.2) is 0 Å². The summed E-state index contributed by atoms with van der Waals surface area (Å²) >= 11 is 0. The Hall–Kier alpha value is -2.94. The second-order valence-electron chi connectivity index (χ2n) is 5.99. The van der Waals surface area contributed by atoms with E-state index in [1.807, 2.05) is 0 Å². The van der Waals surface area contributed by atoms with Crippen molar-refractivity contribution in [2.75, 3.05) is 18.9 Å². The van der Waals surface area contributed by atoms with E-state index >= 15 is 0 Å². The monoisotopic (exact) mass is 381 g/mol. The lowest BCUT2D eigenvalue weighted by atomic mass is 10.1. The summed E-state index contributed by atoms with van der Waals surface area (Å²) in [5.74, 6) is -0.334. The van der Waals surface area contributed by atoms with Crippen LogP contribution in [0.3, 0.4) is 0 Å². The van der Waals surface area contributed by atoms with Crippen molar-refractivity contribution >= 4 is 17.3 Å². The second kappa shape index (κ2) is 8.63. The van der Waals surface area contributed by atoms with Crippen molar-refractivity contribution in [3.05, 3.63) is 69.8 Å². The molecule has 0 spiro atoms. The fourth-order valence-electron chi connectivity index (χ4n) is 2.49. The van der Waals surface area contributed by atoms with Crippen molar-refractivity contribution in [1.82, 2.24) is 4.90 Å². The second-order valence-corrected chi connectivity index (χ2v) is 5.99. The summed E-state index contributed by atoms with van der Waals surface area (Å²) < 4.78 is 39.0. The summed E-state index contributed by atoms with van der Waals surface area (Å²) in [6.45, 7) is 0.311. The molecule has 2 aromatic carbocycles. The van der Waals surface area contributed by atoms with Gasteiger partial charge in [-0.25, -0.2) is 0 Å². The number of alkyl halides is 3. The number of hydrogen-bond acceptors (Lipinski definition) is 4. The van der Waals surface area contributed by atoms with Gasteiger partial charge in [0, 0.05) is 37.3 Å². The van der Waals surface area contributed by atoms with Crippen LogP contribution in [0.5, 0.6) is 0 Å². The Kier molecular flexibility index (Phi) is 6.51. The van der Waals surface area contributed by atoms with Crippen molar-refractivity contribution in [3.63, 3.8) is 0 Å². The van der Waals surface area contributed by atoms with E-state index in [0.29, 0.717) is 5.69 Å². The quantitative estimate of drug-likeness (QED) is 0.579. The number of nitro benzene ring substituents is 1. The summed E-state index contributed by atoms with van der Waals surface area (Å²) in [7, 11) is 1.63. The number of rotatable bonds is 7. The first-order chi connectivity index (χ1) is 12.7. The molecule has 0 saturated heterocycles. The minimum atomic E-state index is -4.43. The van der Waals surface area contributed by atoms with Gasteiger partial charge in [0.2, 0.25) is 5.91 Å². The third-order valence-corrected chi connectivity index (χ3v) is 3.85. The fraction of sp³-hybridized carbons (Fsp3) is 0.278. The molecule has 0 aromatic heterocycles. The normalized spacial score (nSPS) is 11.4. The Morgan fingerprint density at radius 1 is 1.15 bits per heavy atom. The van der Waals surface area contributed by atoms with E-state index < -0.39 is 16.7 Å². The van der Waals surface area contributed by atoms with Crippen LogP contribution in [0, 0.1) is 10.1 Å². The lowest BCUT2D eigenvalue weighted by molar-refractivity contribution is -0.384. The molecule has 0 aliphatic rings. The van der Waals surface area contributed by atoms with Crippen molar-refractivity contribution in [1.29, 1.82) is 0 Å². The van der Waals surface area contributed by atoms with Crippen molar-refractivity contribution < 1.29 is 22.9 Å². The highest BCUT2D eigenvalue weighted by Gasteiger charge is 2.32. The van der Waals surface area contributed by atoms with Gasteiger partial charge in [-0.3, -0.25) is 14.9 Å². The largest absolute Gasteiger partial charge is 0.416 e. The van der Waals surface area contributed by atoms with Gasteiger partial charge in [0.25, 0.3) is 5.69 Å². The average molecular weight is 381 g/mol. The van der Waals surface area contributed by atoms with Gasteiger partial charge in [-0.15, -0.1) is 0 Å². The highest BCUT2D eigenvalue weighted by atomic mass is 19.4. The fourth-order valence-corrected chi connectivity index (χ4v) is 2.49. The first-order valence-electron chi connectivity index (χ1n) is 8.05. The van der Waals surface area contributed by atoms with Crippen LogP contribution in [-0.4, -0.2) is 29.3 Å². The third-order valence-electron chi connectivity index (χ3n) is 3.85. The van der Waals surface area contributed by atoms with Crippen LogP contribution in [0.2, 0.25) is 0 Å². The summed E-state index contributed by atoms with van der Waals surface area (Å²) in [5, 5.41) is 13.2. The van der Waals surface area contributed by atoms with Crippen LogP contribution < -0.4 is 5.32 Å². The van der Waals surface area contributed by atoms with Crippen molar-refractivity contribution in [2.24, 2.45) is 0 Å². The number of anilines is 1. The molecule has 0 fully saturated rings. The number of hydrogen-bond donors (Lipinski definition) is 1. The SMILES string of the molecule is CN(CCC(=O)Nc1ccc([N+](=O)[O-])cc1)Cc1ccccc1C(F)(F)F. The molecule has 27 heavy (non-hydrogen) atoms. The van der Waals surface area contributed by atoms with Crippen LogP contribution >= 0.6 is 0 Å². The highest BCUT2D eigenvalue weighted by molar-refractivity contribution is 5.90. The molecule has 0 heterocycles. The summed E-state index contributed by atoms with van der Waals surface area (Å²) in [4.78, 5) is 23.6. The van der Waals surface area contributed by atoms with Crippen LogP contribution in [0.25, 0.3) is 0 Å². The zero-order chi connectivity index (χ0) is 20.0. The molecular formula is C18H18F3N3O3. The number of nitrogens with zero attached hydrogens (tertiary/aromatic N) is 2. The molecule has 0 saturated carbocycles. The molecule has 6 nitrogen and oxygen atoms in total. The molecule has 0 atom stereocenters. The molecule has 0 radical (unpaired) electrons. The summed E-state index contributed by atoms with van der Waals surface area (Å²) in [5.41, 5.74) is -0.220. The predicted molar refractivity (Wildman–Crippen MR) is 94.1 cm³/mol. The molecule has 144 valence electrons. The Bertz CT molecular complexity index is 807. The van der Waals surface area contributed by atoms with E-state index in [1.165, 1.54) is 36.4 Å². The number of nitro groups is 1. The van der Waals surface area contributed by atoms with E-state index in [-0.39, 0.29) is 36.7 Å². The number of carbonyl (C=O) groups excluding carboxylic acids is 1. The number of benzene rings is 2. The number of halogens is 3. The van der Waals surface area contributed by atoms with Gasteiger partial charge in [0.05, 0.1) is 10.5 Å². The van der Waals surface area contributed by atoms with Crippen LogP contribution in [0.15, 0.2) is 48.5 Å². The molecule has 9 heteroatoms. The van der Waals surface area contributed by atoms with Gasteiger partial charge < -0.3 is 10.2 Å². The molecule has 2 aromatic rings. The van der Waals surface area contributed by atoms with Gasteiger partial charge >= 0.3 is 6.18 Å².